The molecule has 0 radical (unpaired) electrons. The zero-order valence-corrected chi connectivity index (χ0v) is 12.8. The Balaban J connectivity index is 2.28. The van der Waals surface area contributed by atoms with Crippen LogP contribution < -0.4 is 10.2 Å². The fourth-order valence-corrected chi connectivity index (χ4v) is 1.99. The highest BCUT2D eigenvalue weighted by Gasteiger charge is 2.09. The molecule has 0 saturated heterocycles. The third-order valence-electron chi connectivity index (χ3n) is 3.13. The van der Waals surface area contributed by atoms with Crippen LogP contribution >= 0.6 is 0 Å². The Morgan fingerprint density at radius 2 is 1.81 bits per heavy atom. The van der Waals surface area contributed by atoms with Crippen LogP contribution in [0.1, 0.15) is 6.42 Å². The standard InChI is InChI=1S/C17H25N3O/c1-4-13-20(14-5-2)17(21)18-12-9-15-19(3)16-10-7-6-8-11-16/h4-8,10-11H,1-2,9,12-15H2,3H3,(H,18,21). The average molecular weight is 287 g/mol. The minimum absolute atomic E-state index is 0.0721. The molecule has 2 amide bonds. The number of rotatable bonds is 9. The molecule has 0 bridgehead atoms. The van der Waals surface area contributed by atoms with Gasteiger partial charge in [0.05, 0.1) is 0 Å². The van der Waals surface area contributed by atoms with Crippen molar-refractivity contribution >= 4 is 11.7 Å². The Kier molecular flexibility index (Phi) is 7.72. The van der Waals surface area contributed by atoms with E-state index in [1.54, 1.807) is 17.1 Å². The van der Waals surface area contributed by atoms with Gasteiger partial charge in [-0.2, -0.15) is 0 Å². The van der Waals surface area contributed by atoms with E-state index in [0.717, 1.165) is 13.0 Å². The van der Waals surface area contributed by atoms with Crippen molar-refractivity contribution in [2.75, 3.05) is 38.1 Å². The van der Waals surface area contributed by atoms with E-state index >= 15 is 0 Å². The number of benzene rings is 1. The smallest absolute Gasteiger partial charge is 0.317 e. The number of amides is 2. The molecular formula is C17H25N3O. The number of nitrogens with one attached hydrogen (secondary N) is 1. The number of hydrogen-bond donors (Lipinski definition) is 1. The lowest BCUT2D eigenvalue weighted by Gasteiger charge is -2.21. The largest absolute Gasteiger partial charge is 0.375 e. The van der Waals surface area contributed by atoms with Gasteiger partial charge in [0.15, 0.2) is 0 Å². The summed E-state index contributed by atoms with van der Waals surface area (Å²) in [6, 6.07) is 10.1. The Bertz CT molecular complexity index is 435. The quantitative estimate of drug-likeness (QED) is 0.560. The van der Waals surface area contributed by atoms with E-state index in [9.17, 15) is 4.79 Å². The fourth-order valence-electron chi connectivity index (χ4n) is 1.99. The van der Waals surface area contributed by atoms with Crippen molar-refractivity contribution in [3.8, 4) is 0 Å². The summed E-state index contributed by atoms with van der Waals surface area (Å²) in [5, 5.41) is 2.92. The van der Waals surface area contributed by atoms with Crippen molar-refractivity contribution in [1.82, 2.24) is 10.2 Å². The summed E-state index contributed by atoms with van der Waals surface area (Å²) < 4.78 is 0. The highest BCUT2D eigenvalue weighted by atomic mass is 16.2. The van der Waals surface area contributed by atoms with Crippen LogP contribution in [-0.4, -0.2) is 44.2 Å². The van der Waals surface area contributed by atoms with E-state index in [1.807, 2.05) is 18.2 Å². The zero-order chi connectivity index (χ0) is 15.5. The number of para-hydroxylation sites is 1. The maximum atomic E-state index is 11.9. The summed E-state index contributed by atoms with van der Waals surface area (Å²) in [5.74, 6) is 0. The summed E-state index contributed by atoms with van der Waals surface area (Å²) in [6.07, 6.45) is 4.33. The maximum absolute atomic E-state index is 11.9. The second-order valence-electron chi connectivity index (χ2n) is 4.82. The minimum atomic E-state index is -0.0721. The lowest BCUT2D eigenvalue weighted by Crippen LogP contribution is -2.41. The Morgan fingerprint density at radius 3 is 2.38 bits per heavy atom. The van der Waals surface area contributed by atoms with Crippen molar-refractivity contribution in [1.29, 1.82) is 0 Å². The van der Waals surface area contributed by atoms with Gasteiger partial charge in [0.25, 0.3) is 0 Å². The molecule has 1 aromatic rings. The molecule has 4 nitrogen and oxygen atoms in total. The molecule has 0 aromatic heterocycles. The zero-order valence-electron chi connectivity index (χ0n) is 12.8. The number of urea groups is 1. The van der Waals surface area contributed by atoms with Gasteiger partial charge < -0.3 is 15.1 Å². The molecule has 21 heavy (non-hydrogen) atoms. The molecule has 1 rings (SSSR count). The monoisotopic (exact) mass is 287 g/mol. The highest BCUT2D eigenvalue weighted by Crippen LogP contribution is 2.10. The van der Waals surface area contributed by atoms with Gasteiger partial charge in [-0.15, -0.1) is 13.2 Å². The van der Waals surface area contributed by atoms with E-state index in [1.165, 1.54) is 5.69 Å². The second-order valence-corrected chi connectivity index (χ2v) is 4.82. The predicted molar refractivity (Wildman–Crippen MR) is 89.7 cm³/mol. The highest BCUT2D eigenvalue weighted by molar-refractivity contribution is 5.74. The minimum Gasteiger partial charge on any atom is -0.375 e. The first-order valence-corrected chi connectivity index (χ1v) is 7.19. The van der Waals surface area contributed by atoms with Gasteiger partial charge in [-0.1, -0.05) is 30.4 Å². The van der Waals surface area contributed by atoms with E-state index in [-0.39, 0.29) is 6.03 Å². The van der Waals surface area contributed by atoms with Crippen LogP contribution in [0.4, 0.5) is 10.5 Å². The molecule has 1 N–H and O–H groups in total. The molecule has 0 aliphatic heterocycles. The first kappa shape index (κ1) is 16.8. The molecular weight excluding hydrogens is 262 g/mol. The number of hydrogen-bond acceptors (Lipinski definition) is 2. The first-order chi connectivity index (χ1) is 10.2. The summed E-state index contributed by atoms with van der Waals surface area (Å²) in [4.78, 5) is 15.8. The molecule has 0 heterocycles. The molecule has 4 heteroatoms. The normalized spacial score (nSPS) is 9.76. The van der Waals surface area contributed by atoms with Crippen LogP contribution in [0.25, 0.3) is 0 Å². The molecule has 1 aromatic carbocycles. The second kappa shape index (κ2) is 9.64. The van der Waals surface area contributed by atoms with E-state index in [0.29, 0.717) is 19.6 Å². The Hall–Kier alpha value is -2.23. The van der Waals surface area contributed by atoms with Crippen LogP contribution in [0.5, 0.6) is 0 Å². The SMILES string of the molecule is C=CCN(CC=C)C(=O)NCCCN(C)c1ccccc1. The van der Waals surface area contributed by atoms with Gasteiger partial charge in [-0.3, -0.25) is 0 Å². The molecule has 0 unspecified atom stereocenters. The van der Waals surface area contributed by atoms with Gasteiger partial charge in [0.2, 0.25) is 0 Å². The fraction of sp³-hybridized carbons (Fsp3) is 0.353. The van der Waals surface area contributed by atoms with Gasteiger partial charge in [-0.05, 0) is 18.6 Å². The molecule has 114 valence electrons. The van der Waals surface area contributed by atoms with Crippen molar-refractivity contribution in [3.63, 3.8) is 0 Å². The van der Waals surface area contributed by atoms with Crippen LogP contribution in [-0.2, 0) is 0 Å². The van der Waals surface area contributed by atoms with Crippen LogP contribution in [0.2, 0.25) is 0 Å². The lowest BCUT2D eigenvalue weighted by atomic mass is 10.3. The summed E-state index contributed by atoms with van der Waals surface area (Å²) in [5.41, 5.74) is 1.18. The molecule has 0 aliphatic rings. The number of carbonyl (C=O) groups is 1. The molecule has 0 saturated carbocycles. The van der Waals surface area contributed by atoms with Gasteiger partial charge in [-0.25, -0.2) is 4.79 Å². The molecule has 0 atom stereocenters. The van der Waals surface area contributed by atoms with Crippen LogP contribution in [0.15, 0.2) is 55.6 Å². The predicted octanol–water partition coefficient (Wildman–Crippen LogP) is 2.90. The van der Waals surface area contributed by atoms with E-state index in [4.69, 9.17) is 0 Å². The lowest BCUT2D eigenvalue weighted by molar-refractivity contribution is 0.208. The van der Waals surface area contributed by atoms with Gasteiger partial charge in [0.1, 0.15) is 0 Å². The van der Waals surface area contributed by atoms with Gasteiger partial charge in [0, 0.05) is 38.9 Å². The topological polar surface area (TPSA) is 35.6 Å². The molecule has 0 fully saturated rings. The Labute approximate surface area is 127 Å². The van der Waals surface area contributed by atoms with Crippen LogP contribution in [0, 0.1) is 0 Å². The first-order valence-electron chi connectivity index (χ1n) is 7.19. The number of carbonyl (C=O) groups excluding carboxylic acids is 1. The van der Waals surface area contributed by atoms with E-state index < -0.39 is 0 Å². The summed E-state index contributed by atoms with van der Waals surface area (Å²) in [7, 11) is 2.05. The van der Waals surface area contributed by atoms with Crippen molar-refractivity contribution in [2.45, 2.75) is 6.42 Å². The summed E-state index contributed by atoms with van der Waals surface area (Å²) >= 11 is 0. The third kappa shape index (κ3) is 6.17. The average Bonchev–Trinajstić information content (AvgIpc) is 2.51. The number of anilines is 1. The van der Waals surface area contributed by atoms with E-state index in [2.05, 4.69) is 42.6 Å². The molecule has 0 spiro atoms. The Morgan fingerprint density at radius 1 is 1.19 bits per heavy atom. The van der Waals surface area contributed by atoms with Crippen molar-refractivity contribution in [3.05, 3.63) is 55.6 Å². The van der Waals surface area contributed by atoms with Crippen molar-refractivity contribution < 1.29 is 4.79 Å². The summed E-state index contributed by atoms with van der Waals surface area (Å²) in [6.45, 7) is 9.92. The maximum Gasteiger partial charge on any atom is 0.317 e. The third-order valence-corrected chi connectivity index (χ3v) is 3.13. The number of nitrogens with zero attached hydrogens (tertiary/aromatic N) is 2. The van der Waals surface area contributed by atoms with Gasteiger partial charge >= 0.3 is 6.03 Å². The van der Waals surface area contributed by atoms with Crippen molar-refractivity contribution in [2.24, 2.45) is 0 Å². The molecule has 0 aliphatic carbocycles. The van der Waals surface area contributed by atoms with Crippen LogP contribution in [0.3, 0.4) is 0 Å².